The van der Waals surface area contributed by atoms with Crippen molar-refractivity contribution in [3.05, 3.63) is 56.9 Å². The Labute approximate surface area is 233 Å². The van der Waals surface area contributed by atoms with Crippen LogP contribution in [0.3, 0.4) is 0 Å². The molecular formula is C25H30Cl2FN5O6. The maximum Gasteiger partial charge on any atom is 0.330 e. The maximum atomic E-state index is 13.6. The monoisotopic (exact) mass is 585 g/mol. The van der Waals surface area contributed by atoms with Crippen LogP contribution in [0.5, 0.6) is 0 Å². The van der Waals surface area contributed by atoms with Gasteiger partial charge in [-0.3, -0.25) is 19.1 Å². The lowest BCUT2D eigenvalue weighted by Gasteiger charge is -2.22. The summed E-state index contributed by atoms with van der Waals surface area (Å²) in [5.41, 5.74) is 0.796. The first-order valence-electron chi connectivity index (χ1n) is 12.5. The summed E-state index contributed by atoms with van der Waals surface area (Å²) < 4.78 is 27.3. The molecule has 0 bridgehead atoms. The van der Waals surface area contributed by atoms with Gasteiger partial charge >= 0.3 is 11.7 Å². The second-order valence-corrected chi connectivity index (χ2v) is 9.99. The number of nitrogens with zero attached hydrogens (tertiary/aromatic N) is 4. The number of imidazole rings is 1. The van der Waals surface area contributed by atoms with Crippen molar-refractivity contribution in [3.8, 4) is 0 Å². The maximum absolute atomic E-state index is 13.6. The Hall–Kier alpha value is -2.93. The lowest BCUT2D eigenvalue weighted by Crippen LogP contribution is -2.34. The van der Waals surface area contributed by atoms with E-state index in [1.807, 2.05) is 34.8 Å². The van der Waals surface area contributed by atoms with Gasteiger partial charge in [0, 0.05) is 56.8 Å². The largest absolute Gasteiger partial charge is 0.463 e. The number of alkyl halides is 2. The van der Waals surface area contributed by atoms with Crippen LogP contribution in [0.2, 0.25) is 0 Å². The highest BCUT2D eigenvalue weighted by atomic mass is 35.5. The fourth-order valence-corrected chi connectivity index (χ4v) is 4.99. The van der Waals surface area contributed by atoms with Crippen molar-refractivity contribution in [2.24, 2.45) is 7.05 Å². The number of aryl methyl sites for hydroxylation is 2. The average molecular weight is 586 g/mol. The van der Waals surface area contributed by atoms with Gasteiger partial charge in [0.05, 0.1) is 23.3 Å². The lowest BCUT2D eigenvalue weighted by atomic mass is 10.2. The molecule has 3 atom stereocenters. The van der Waals surface area contributed by atoms with Gasteiger partial charge < -0.3 is 24.0 Å². The molecule has 2 aromatic heterocycles. The Kier molecular flexibility index (Phi) is 9.65. The number of benzene rings is 1. The number of carbonyl (C=O) groups excluding carboxylic acids is 1. The summed E-state index contributed by atoms with van der Waals surface area (Å²) in [6.07, 6.45) is -1.07. The van der Waals surface area contributed by atoms with Crippen LogP contribution in [0.15, 0.2) is 34.0 Å². The van der Waals surface area contributed by atoms with Crippen molar-refractivity contribution in [2.75, 3.05) is 36.4 Å². The highest BCUT2D eigenvalue weighted by Gasteiger charge is 2.36. The van der Waals surface area contributed by atoms with Gasteiger partial charge in [-0.05, 0) is 24.6 Å². The number of halogens is 3. The molecule has 1 aliphatic rings. The van der Waals surface area contributed by atoms with E-state index in [0.717, 1.165) is 33.3 Å². The summed E-state index contributed by atoms with van der Waals surface area (Å²) in [4.78, 5) is 44.2. The van der Waals surface area contributed by atoms with Crippen LogP contribution in [0.4, 0.5) is 10.1 Å². The molecule has 1 saturated heterocycles. The number of nitrogens with one attached hydrogen (secondary N) is 1. The van der Waals surface area contributed by atoms with E-state index in [9.17, 15) is 23.9 Å². The van der Waals surface area contributed by atoms with Crippen LogP contribution in [-0.2, 0) is 27.7 Å². The van der Waals surface area contributed by atoms with Crippen LogP contribution in [-0.4, -0.2) is 73.8 Å². The lowest BCUT2D eigenvalue weighted by molar-refractivity contribution is -0.150. The zero-order chi connectivity index (χ0) is 28.1. The molecule has 0 amide bonds. The van der Waals surface area contributed by atoms with Gasteiger partial charge in [0.1, 0.15) is 24.8 Å². The molecule has 1 aromatic carbocycles. The SMILES string of the molecule is Cn1c(CCCC(=O)OC[C@H]2O[C@@H](n3cc(F)c(=O)[nH]c3=O)CC2O)nc2cc(N(CCCl)CCCl)ccc21. The smallest absolute Gasteiger partial charge is 0.330 e. The van der Waals surface area contributed by atoms with Crippen molar-refractivity contribution in [1.29, 1.82) is 0 Å². The van der Waals surface area contributed by atoms with Gasteiger partial charge in [-0.15, -0.1) is 23.2 Å². The number of aromatic amines is 1. The highest BCUT2D eigenvalue weighted by Crippen LogP contribution is 2.28. The normalized spacial score (nSPS) is 19.1. The van der Waals surface area contributed by atoms with E-state index in [1.165, 1.54) is 0 Å². The zero-order valence-corrected chi connectivity index (χ0v) is 22.8. The second kappa shape index (κ2) is 12.9. The number of aromatic nitrogens is 4. The first-order chi connectivity index (χ1) is 18.7. The highest BCUT2D eigenvalue weighted by molar-refractivity contribution is 6.18. The minimum absolute atomic E-state index is 0.0302. The van der Waals surface area contributed by atoms with Crippen LogP contribution in [0.25, 0.3) is 11.0 Å². The first-order valence-corrected chi connectivity index (χ1v) is 13.6. The molecule has 212 valence electrons. The predicted octanol–water partition coefficient (Wildman–Crippen LogP) is 2.06. The standard InChI is InChI=1S/C25H30Cl2FN5O6/c1-31-18-6-5-15(32(9-7-26)10-8-27)11-17(18)29-21(31)3-2-4-23(35)38-14-20-19(34)12-22(39-20)33-13-16(28)24(36)30-25(33)37/h5-6,11,13,19-20,22,34H,2-4,7-10,12,14H2,1H3,(H,30,36,37)/t19?,20-,22-/m1/s1. The van der Waals surface area contributed by atoms with Crippen molar-refractivity contribution >= 4 is 45.9 Å². The molecule has 0 radical (unpaired) electrons. The van der Waals surface area contributed by atoms with E-state index in [1.54, 1.807) is 0 Å². The molecule has 39 heavy (non-hydrogen) atoms. The number of carbonyl (C=O) groups is 1. The molecule has 0 aliphatic carbocycles. The van der Waals surface area contributed by atoms with Crippen LogP contribution < -0.4 is 16.1 Å². The van der Waals surface area contributed by atoms with Crippen molar-refractivity contribution in [1.82, 2.24) is 19.1 Å². The number of aliphatic hydroxyl groups excluding tert-OH is 1. The number of esters is 1. The summed E-state index contributed by atoms with van der Waals surface area (Å²) in [5, 5.41) is 10.3. The molecule has 3 heterocycles. The minimum Gasteiger partial charge on any atom is -0.463 e. The molecule has 0 spiro atoms. The molecule has 0 saturated carbocycles. The topological polar surface area (TPSA) is 132 Å². The van der Waals surface area contributed by atoms with Crippen LogP contribution in [0.1, 0.15) is 31.3 Å². The third kappa shape index (κ3) is 6.81. The van der Waals surface area contributed by atoms with Gasteiger partial charge in [-0.1, -0.05) is 0 Å². The molecule has 1 fully saturated rings. The Morgan fingerprint density at radius 3 is 2.77 bits per heavy atom. The summed E-state index contributed by atoms with van der Waals surface area (Å²) in [7, 11) is 1.92. The molecular weight excluding hydrogens is 556 g/mol. The number of ether oxygens (including phenoxy) is 2. The Morgan fingerprint density at radius 1 is 1.31 bits per heavy atom. The quantitative estimate of drug-likeness (QED) is 0.244. The van der Waals surface area contributed by atoms with Crippen molar-refractivity contribution in [2.45, 2.75) is 44.1 Å². The number of rotatable bonds is 12. The van der Waals surface area contributed by atoms with E-state index in [2.05, 4.69) is 4.90 Å². The molecule has 3 aromatic rings. The van der Waals surface area contributed by atoms with E-state index in [-0.39, 0.29) is 19.4 Å². The van der Waals surface area contributed by atoms with Crippen molar-refractivity contribution < 1.29 is 23.8 Å². The zero-order valence-electron chi connectivity index (χ0n) is 21.3. The molecule has 4 rings (SSSR count). The van der Waals surface area contributed by atoms with E-state index in [0.29, 0.717) is 37.7 Å². The molecule has 1 aliphatic heterocycles. The number of aliphatic hydroxyl groups is 1. The number of H-pyrrole nitrogens is 1. The molecule has 1 unspecified atom stereocenters. The fraction of sp³-hybridized carbons (Fsp3) is 0.520. The third-order valence-corrected chi connectivity index (χ3v) is 7.00. The molecule has 2 N–H and O–H groups in total. The van der Waals surface area contributed by atoms with Gasteiger partial charge in [-0.2, -0.15) is 4.39 Å². The molecule has 11 nitrogen and oxygen atoms in total. The van der Waals surface area contributed by atoms with E-state index >= 15 is 0 Å². The average Bonchev–Trinajstić information content (AvgIpc) is 3.43. The summed E-state index contributed by atoms with van der Waals surface area (Å²) in [6, 6.07) is 6.01. The van der Waals surface area contributed by atoms with Crippen LogP contribution >= 0.6 is 23.2 Å². The Balaban J connectivity index is 1.28. The van der Waals surface area contributed by atoms with Crippen LogP contribution in [0, 0.1) is 5.82 Å². The number of hydrogen-bond acceptors (Lipinski definition) is 8. The second-order valence-electron chi connectivity index (χ2n) is 9.24. The van der Waals surface area contributed by atoms with Gasteiger partial charge in [0.25, 0.3) is 5.56 Å². The number of fused-ring (bicyclic) bond motifs is 1. The number of anilines is 1. The van der Waals surface area contributed by atoms with E-state index < -0.39 is 41.5 Å². The Bertz CT molecular complexity index is 1420. The third-order valence-electron chi connectivity index (χ3n) is 6.66. The summed E-state index contributed by atoms with van der Waals surface area (Å²) in [5.74, 6) is 0.177. The van der Waals surface area contributed by atoms with Gasteiger partial charge in [0.2, 0.25) is 5.82 Å². The number of hydrogen-bond donors (Lipinski definition) is 2. The summed E-state index contributed by atoms with van der Waals surface area (Å²) >= 11 is 11.9. The fourth-order valence-electron chi connectivity index (χ4n) is 4.58. The first kappa shape index (κ1) is 29.1. The Morgan fingerprint density at radius 2 is 2.05 bits per heavy atom. The summed E-state index contributed by atoms with van der Waals surface area (Å²) in [6.45, 7) is 1.12. The molecule has 14 heteroatoms. The van der Waals surface area contributed by atoms with Crippen molar-refractivity contribution in [3.63, 3.8) is 0 Å². The van der Waals surface area contributed by atoms with Gasteiger partial charge in [0.15, 0.2) is 0 Å². The van der Waals surface area contributed by atoms with E-state index in [4.69, 9.17) is 37.7 Å². The predicted molar refractivity (Wildman–Crippen MR) is 144 cm³/mol. The van der Waals surface area contributed by atoms with Gasteiger partial charge in [-0.25, -0.2) is 9.78 Å². The minimum atomic E-state index is -1.15.